The van der Waals surface area contributed by atoms with Gasteiger partial charge in [0.25, 0.3) is 11.5 Å². The average Bonchev–Trinajstić information content (AvgIpc) is 2.95. The summed E-state index contributed by atoms with van der Waals surface area (Å²) in [5.41, 5.74) is -0.633. The molecule has 1 aromatic heterocycles. The third kappa shape index (κ3) is 6.01. The molecule has 29 heavy (non-hydrogen) atoms. The van der Waals surface area contributed by atoms with Crippen molar-refractivity contribution >= 4 is 17.8 Å². The maximum atomic E-state index is 12.1. The summed E-state index contributed by atoms with van der Waals surface area (Å²) >= 11 is 0. The van der Waals surface area contributed by atoms with E-state index in [4.69, 9.17) is 14.6 Å². The van der Waals surface area contributed by atoms with Crippen molar-refractivity contribution < 1.29 is 37.4 Å². The largest absolute Gasteiger partial charge is 0.490 e. The smallest absolute Gasteiger partial charge is 0.475 e. The molecule has 1 unspecified atom stereocenters. The van der Waals surface area contributed by atoms with Crippen LogP contribution >= 0.6 is 0 Å². The van der Waals surface area contributed by atoms with Crippen LogP contribution in [0.1, 0.15) is 29.8 Å². The zero-order valence-corrected chi connectivity index (χ0v) is 15.0. The Labute approximate surface area is 161 Å². The quantitative estimate of drug-likeness (QED) is 0.492. The number of cyclic esters (lactones) is 1. The predicted octanol–water partition coefficient (Wildman–Crippen LogP) is -0.182. The first-order chi connectivity index (χ1) is 13.5. The molecule has 1 spiro atoms. The Morgan fingerprint density at radius 1 is 1.28 bits per heavy atom. The highest BCUT2D eigenvalue weighted by Crippen LogP contribution is 2.41. The number of ether oxygens (including phenoxy) is 1. The van der Waals surface area contributed by atoms with Crippen LogP contribution in [0, 0.1) is 5.41 Å². The Morgan fingerprint density at radius 3 is 2.41 bits per heavy atom. The lowest BCUT2D eigenvalue weighted by atomic mass is 9.76. The number of hydrogen-bond acceptors (Lipinski definition) is 7. The van der Waals surface area contributed by atoms with Gasteiger partial charge in [0.2, 0.25) is 0 Å². The van der Waals surface area contributed by atoms with Crippen LogP contribution < -0.4 is 16.2 Å². The summed E-state index contributed by atoms with van der Waals surface area (Å²) in [5.74, 6) is -3.32. The number of aromatic amines is 1. The molecule has 160 valence electrons. The fourth-order valence-electron chi connectivity index (χ4n) is 3.03. The van der Waals surface area contributed by atoms with Crippen molar-refractivity contribution in [2.45, 2.75) is 31.5 Å². The summed E-state index contributed by atoms with van der Waals surface area (Å²) in [4.78, 5) is 43.8. The van der Waals surface area contributed by atoms with Crippen molar-refractivity contribution in [2.75, 3.05) is 19.6 Å². The van der Waals surface area contributed by atoms with Gasteiger partial charge in [-0.2, -0.15) is 18.3 Å². The van der Waals surface area contributed by atoms with Crippen molar-refractivity contribution in [1.82, 2.24) is 20.8 Å². The lowest BCUT2D eigenvalue weighted by Crippen LogP contribution is -2.39. The lowest BCUT2D eigenvalue weighted by molar-refractivity contribution is -0.192. The van der Waals surface area contributed by atoms with Gasteiger partial charge in [-0.05, 0) is 32.0 Å². The van der Waals surface area contributed by atoms with Gasteiger partial charge >= 0.3 is 18.1 Å². The first-order valence-electron chi connectivity index (χ1n) is 8.59. The maximum absolute atomic E-state index is 12.1. The van der Waals surface area contributed by atoms with Crippen LogP contribution in [0.4, 0.5) is 13.2 Å². The molecule has 0 saturated carbocycles. The first kappa shape index (κ1) is 22.3. The second-order valence-electron chi connectivity index (χ2n) is 6.58. The molecule has 1 atom stereocenters. The number of rotatable bonds is 3. The molecular weight excluding hydrogens is 401 g/mol. The highest BCUT2D eigenvalue weighted by Gasteiger charge is 2.49. The van der Waals surface area contributed by atoms with E-state index in [1.807, 2.05) is 0 Å². The van der Waals surface area contributed by atoms with E-state index in [-0.39, 0.29) is 29.9 Å². The standard InChI is InChI=1S/C14H18N4O4.C2HF3O2/c19-11-2-1-10(17-18-11)12(20)16-8-9-7-14(13(21)22-9)3-5-15-6-4-14;3-2(4,5)1(6)7/h1-2,9,15H,3-8H2,(H,16,20)(H,18,19);(H,6,7). The van der Waals surface area contributed by atoms with Crippen molar-refractivity contribution in [3.8, 4) is 0 Å². The molecule has 1 aromatic rings. The number of carboxylic acid groups (broad SMARTS) is 1. The Kier molecular flexibility index (Phi) is 6.95. The number of H-pyrrole nitrogens is 1. The zero-order valence-electron chi connectivity index (χ0n) is 15.0. The number of carbonyl (C=O) groups excluding carboxylic acids is 2. The molecule has 0 aliphatic carbocycles. The number of alkyl halides is 3. The highest BCUT2D eigenvalue weighted by atomic mass is 19.4. The monoisotopic (exact) mass is 420 g/mol. The molecule has 0 aromatic carbocycles. The average molecular weight is 420 g/mol. The van der Waals surface area contributed by atoms with Crippen LogP contribution in [-0.2, 0) is 14.3 Å². The molecule has 2 aliphatic rings. The van der Waals surface area contributed by atoms with Gasteiger partial charge in [0.15, 0.2) is 0 Å². The summed E-state index contributed by atoms with van der Waals surface area (Å²) in [6, 6.07) is 2.59. The summed E-state index contributed by atoms with van der Waals surface area (Å²) < 4.78 is 37.1. The van der Waals surface area contributed by atoms with Crippen molar-refractivity contribution in [3.05, 3.63) is 28.2 Å². The summed E-state index contributed by atoms with van der Waals surface area (Å²) in [7, 11) is 0. The number of carboxylic acids is 1. The van der Waals surface area contributed by atoms with Crippen LogP contribution in [0.2, 0.25) is 0 Å². The maximum Gasteiger partial charge on any atom is 0.490 e. The number of nitrogens with zero attached hydrogens (tertiary/aromatic N) is 1. The molecule has 3 rings (SSSR count). The van der Waals surface area contributed by atoms with Gasteiger partial charge in [0, 0.05) is 12.5 Å². The van der Waals surface area contributed by atoms with E-state index < -0.39 is 23.5 Å². The van der Waals surface area contributed by atoms with Crippen molar-refractivity contribution in [3.63, 3.8) is 0 Å². The number of esters is 1. The Balaban J connectivity index is 0.000000370. The predicted molar refractivity (Wildman–Crippen MR) is 89.9 cm³/mol. The number of hydrogen-bond donors (Lipinski definition) is 4. The minimum atomic E-state index is -5.08. The van der Waals surface area contributed by atoms with E-state index in [1.165, 1.54) is 12.1 Å². The molecule has 1 amide bonds. The summed E-state index contributed by atoms with van der Waals surface area (Å²) in [6.07, 6.45) is -3.21. The second kappa shape index (κ2) is 9.03. The van der Waals surface area contributed by atoms with Gasteiger partial charge in [0.05, 0.1) is 12.0 Å². The Bertz CT molecular complexity index is 799. The third-order valence-electron chi connectivity index (χ3n) is 4.53. The normalized spacial score (nSPS) is 20.4. The van der Waals surface area contributed by atoms with Crippen molar-refractivity contribution in [1.29, 1.82) is 0 Å². The van der Waals surface area contributed by atoms with Gasteiger partial charge in [0.1, 0.15) is 11.8 Å². The number of halogens is 3. The van der Waals surface area contributed by atoms with Crippen LogP contribution in [0.25, 0.3) is 0 Å². The van der Waals surface area contributed by atoms with Gasteiger partial charge in [-0.25, -0.2) is 9.89 Å². The topological polar surface area (TPSA) is 150 Å². The van der Waals surface area contributed by atoms with Crippen LogP contribution in [0.3, 0.4) is 0 Å². The Morgan fingerprint density at radius 2 is 1.90 bits per heavy atom. The van der Waals surface area contributed by atoms with Gasteiger partial charge in [-0.1, -0.05) is 0 Å². The third-order valence-corrected chi connectivity index (χ3v) is 4.53. The van der Waals surface area contributed by atoms with Gasteiger partial charge in [-0.15, -0.1) is 0 Å². The van der Waals surface area contributed by atoms with Gasteiger partial charge in [-0.3, -0.25) is 14.4 Å². The molecule has 10 nitrogen and oxygen atoms in total. The van der Waals surface area contributed by atoms with E-state index in [2.05, 4.69) is 20.8 Å². The molecule has 13 heteroatoms. The number of piperidine rings is 1. The fourth-order valence-corrected chi connectivity index (χ4v) is 3.03. The summed E-state index contributed by atoms with van der Waals surface area (Å²) in [6.45, 7) is 1.88. The lowest BCUT2D eigenvalue weighted by Gasteiger charge is -2.29. The molecule has 4 N–H and O–H groups in total. The number of carbonyl (C=O) groups is 3. The van der Waals surface area contributed by atoms with E-state index in [0.717, 1.165) is 25.9 Å². The number of aliphatic carboxylic acids is 1. The van der Waals surface area contributed by atoms with E-state index in [1.54, 1.807) is 0 Å². The van der Waals surface area contributed by atoms with E-state index >= 15 is 0 Å². The number of aromatic nitrogens is 2. The van der Waals surface area contributed by atoms with E-state index in [0.29, 0.717) is 6.42 Å². The Hall–Kier alpha value is -2.96. The number of nitrogens with one attached hydrogen (secondary N) is 3. The molecule has 2 saturated heterocycles. The van der Waals surface area contributed by atoms with Crippen molar-refractivity contribution in [2.24, 2.45) is 5.41 Å². The number of amides is 1. The molecular formula is C16H19F3N4O6. The molecule has 2 aliphatic heterocycles. The highest BCUT2D eigenvalue weighted by molar-refractivity contribution is 5.92. The zero-order chi connectivity index (χ0) is 21.7. The SMILES string of the molecule is O=C(NCC1CC2(CCNCC2)C(=O)O1)c1ccc(=O)[nH]n1.O=C(O)C(F)(F)F. The van der Waals surface area contributed by atoms with E-state index in [9.17, 15) is 27.6 Å². The minimum Gasteiger partial charge on any atom is -0.475 e. The minimum absolute atomic E-state index is 0.125. The molecule has 0 bridgehead atoms. The summed E-state index contributed by atoms with van der Waals surface area (Å²) in [5, 5.41) is 18.9. The molecule has 2 fully saturated rings. The molecule has 0 radical (unpaired) electrons. The second-order valence-corrected chi connectivity index (χ2v) is 6.58. The van der Waals surface area contributed by atoms with Crippen LogP contribution in [-0.4, -0.2) is 65.1 Å². The van der Waals surface area contributed by atoms with Crippen LogP contribution in [0.5, 0.6) is 0 Å². The first-order valence-corrected chi connectivity index (χ1v) is 8.59. The van der Waals surface area contributed by atoms with Gasteiger partial charge < -0.3 is 20.5 Å². The fraction of sp³-hybridized carbons (Fsp3) is 0.562. The molecule has 3 heterocycles. The van der Waals surface area contributed by atoms with Crippen LogP contribution in [0.15, 0.2) is 16.9 Å².